The number of hydrogen-bond acceptors (Lipinski definition) is 2. The van der Waals surface area contributed by atoms with Crippen LogP contribution in [-0.2, 0) is 6.42 Å². The highest BCUT2D eigenvalue weighted by Crippen LogP contribution is 2.40. The first kappa shape index (κ1) is 11.8. The molecule has 0 atom stereocenters. The van der Waals surface area contributed by atoms with Crippen molar-refractivity contribution in [2.24, 2.45) is 0 Å². The predicted octanol–water partition coefficient (Wildman–Crippen LogP) is 4.49. The lowest BCUT2D eigenvalue weighted by Crippen LogP contribution is -2.05. The molecule has 22 heavy (non-hydrogen) atoms. The van der Waals surface area contributed by atoms with E-state index in [9.17, 15) is 4.39 Å². The molecule has 0 fully saturated rings. The van der Waals surface area contributed by atoms with Gasteiger partial charge in [-0.1, -0.05) is 24.3 Å². The van der Waals surface area contributed by atoms with Gasteiger partial charge < -0.3 is 0 Å². The van der Waals surface area contributed by atoms with Crippen LogP contribution in [0.4, 0.5) is 4.39 Å². The molecule has 1 aliphatic rings. The van der Waals surface area contributed by atoms with Crippen LogP contribution >= 0.6 is 0 Å². The number of rotatable bonds is 0. The zero-order valence-corrected chi connectivity index (χ0v) is 11.7. The molecule has 2 aromatic heterocycles. The van der Waals surface area contributed by atoms with Crippen molar-refractivity contribution in [3.05, 3.63) is 71.8 Å². The van der Waals surface area contributed by atoms with Crippen LogP contribution in [0.2, 0.25) is 0 Å². The standard InChI is InChI=1S/C19H11FN2/c20-12-6-5-11-9-17-18-13(15(11)10-12)7-8-21-19(18)14-3-1-2-4-16(14)22-17/h1-8,10H,9H2. The Labute approximate surface area is 126 Å². The van der Waals surface area contributed by atoms with Crippen LogP contribution in [0, 0.1) is 5.82 Å². The molecule has 3 heteroatoms. The average molecular weight is 286 g/mol. The molecule has 0 N–H and O–H groups in total. The first-order valence-electron chi connectivity index (χ1n) is 7.26. The molecule has 1 aliphatic carbocycles. The van der Waals surface area contributed by atoms with E-state index in [0.717, 1.165) is 50.6 Å². The molecule has 0 aliphatic heterocycles. The van der Waals surface area contributed by atoms with Gasteiger partial charge in [-0.05, 0) is 41.0 Å². The Balaban J connectivity index is 2.01. The van der Waals surface area contributed by atoms with Gasteiger partial charge >= 0.3 is 0 Å². The highest BCUT2D eigenvalue weighted by Gasteiger charge is 2.21. The normalized spacial score (nSPS) is 12.6. The number of fused-ring (bicyclic) bond motifs is 4. The Hall–Kier alpha value is -2.81. The van der Waals surface area contributed by atoms with Crippen LogP contribution in [-0.4, -0.2) is 9.97 Å². The smallest absolute Gasteiger partial charge is 0.123 e. The quantitative estimate of drug-likeness (QED) is 0.392. The summed E-state index contributed by atoms with van der Waals surface area (Å²) in [5, 5.41) is 2.10. The van der Waals surface area contributed by atoms with Crippen LogP contribution in [0.5, 0.6) is 0 Å². The Morgan fingerprint density at radius 1 is 0.955 bits per heavy atom. The maximum absolute atomic E-state index is 13.7. The molecule has 104 valence electrons. The molecule has 2 nitrogen and oxygen atoms in total. The van der Waals surface area contributed by atoms with Gasteiger partial charge in [-0.3, -0.25) is 9.97 Å². The molecule has 0 spiro atoms. The summed E-state index contributed by atoms with van der Waals surface area (Å²) in [5.74, 6) is -0.207. The zero-order valence-electron chi connectivity index (χ0n) is 11.7. The van der Waals surface area contributed by atoms with Gasteiger partial charge in [-0.2, -0.15) is 0 Å². The minimum absolute atomic E-state index is 0.207. The van der Waals surface area contributed by atoms with Crippen molar-refractivity contribution in [2.75, 3.05) is 0 Å². The molecule has 0 radical (unpaired) electrons. The monoisotopic (exact) mass is 286 g/mol. The van der Waals surface area contributed by atoms with Crippen molar-refractivity contribution < 1.29 is 4.39 Å². The van der Waals surface area contributed by atoms with Gasteiger partial charge in [-0.25, -0.2) is 4.39 Å². The lowest BCUT2D eigenvalue weighted by Gasteiger charge is -2.20. The van der Waals surface area contributed by atoms with Crippen molar-refractivity contribution in [1.82, 2.24) is 9.97 Å². The minimum Gasteiger partial charge on any atom is -0.255 e. The van der Waals surface area contributed by atoms with E-state index in [1.165, 1.54) is 6.07 Å². The molecule has 0 saturated heterocycles. The van der Waals surface area contributed by atoms with E-state index in [0.29, 0.717) is 0 Å². The van der Waals surface area contributed by atoms with Crippen molar-refractivity contribution in [2.45, 2.75) is 6.42 Å². The molecular formula is C19H11FN2. The summed E-state index contributed by atoms with van der Waals surface area (Å²) < 4.78 is 13.7. The number of para-hydroxylation sites is 1. The fourth-order valence-electron chi connectivity index (χ4n) is 3.42. The molecule has 0 unspecified atom stereocenters. The third-order valence-electron chi connectivity index (χ3n) is 4.37. The van der Waals surface area contributed by atoms with Crippen molar-refractivity contribution >= 4 is 21.8 Å². The van der Waals surface area contributed by atoms with E-state index in [4.69, 9.17) is 4.98 Å². The van der Waals surface area contributed by atoms with Gasteiger partial charge in [0.05, 0.1) is 16.7 Å². The second kappa shape index (κ2) is 4.10. The third kappa shape index (κ3) is 1.48. The largest absolute Gasteiger partial charge is 0.255 e. The first-order valence-corrected chi connectivity index (χ1v) is 7.26. The van der Waals surface area contributed by atoms with Crippen LogP contribution < -0.4 is 0 Å². The molecule has 4 aromatic rings. The molecule has 5 rings (SSSR count). The summed E-state index contributed by atoms with van der Waals surface area (Å²) in [4.78, 5) is 9.40. The van der Waals surface area contributed by atoms with Crippen LogP contribution in [0.15, 0.2) is 54.7 Å². The second-order valence-electron chi connectivity index (χ2n) is 5.64. The topological polar surface area (TPSA) is 25.8 Å². The molecule has 2 aromatic carbocycles. The zero-order chi connectivity index (χ0) is 14.7. The van der Waals surface area contributed by atoms with Crippen molar-refractivity contribution in [3.63, 3.8) is 0 Å². The molecule has 0 bridgehead atoms. The highest BCUT2D eigenvalue weighted by atomic mass is 19.1. The average Bonchev–Trinajstić information content (AvgIpc) is 2.56. The summed E-state index contributed by atoms with van der Waals surface area (Å²) >= 11 is 0. The van der Waals surface area contributed by atoms with E-state index in [-0.39, 0.29) is 5.82 Å². The number of hydrogen-bond donors (Lipinski definition) is 0. The van der Waals surface area contributed by atoms with Gasteiger partial charge in [0.25, 0.3) is 0 Å². The van der Waals surface area contributed by atoms with Crippen LogP contribution in [0.25, 0.3) is 32.9 Å². The van der Waals surface area contributed by atoms with Crippen molar-refractivity contribution in [3.8, 4) is 11.1 Å². The summed E-state index contributed by atoms with van der Waals surface area (Å²) in [5.41, 5.74) is 6.03. The summed E-state index contributed by atoms with van der Waals surface area (Å²) in [6.07, 6.45) is 2.52. The summed E-state index contributed by atoms with van der Waals surface area (Å²) in [6, 6.07) is 15.0. The van der Waals surface area contributed by atoms with Gasteiger partial charge in [0.15, 0.2) is 0 Å². The maximum atomic E-state index is 13.7. The van der Waals surface area contributed by atoms with E-state index < -0.39 is 0 Å². The van der Waals surface area contributed by atoms with Gasteiger partial charge in [-0.15, -0.1) is 0 Å². The Kier molecular flexibility index (Phi) is 2.20. The highest BCUT2D eigenvalue weighted by molar-refractivity contribution is 6.10. The summed E-state index contributed by atoms with van der Waals surface area (Å²) in [6.45, 7) is 0. The number of nitrogens with zero attached hydrogens (tertiary/aromatic N) is 2. The Morgan fingerprint density at radius 3 is 2.82 bits per heavy atom. The second-order valence-corrected chi connectivity index (χ2v) is 5.64. The number of aromatic nitrogens is 2. The van der Waals surface area contributed by atoms with Gasteiger partial charge in [0, 0.05) is 23.4 Å². The van der Waals surface area contributed by atoms with Gasteiger partial charge in [0.2, 0.25) is 0 Å². The fraction of sp³-hybridized carbons (Fsp3) is 0.0526. The SMILES string of the molecule is Fc1ccc2c(c1)-c1ccnc3c1c(nc1ccccc13)C2. The molecular weight excluding hydrogens is 275 g/mol. The minimum atomic E-state index is -0.207. The molecule has 0 amide bonds. The third-order valence-corrected chi connectivity index (χ3v) is 4.37. The van der Waals surface area contributed by atoms with Crippen LogP contribution in [0.1, 0.15) is 11.3 Å². The fourth-order valence-corrected chi connectivity index (χ4v) is 3.42. The molecule has 0 saturated carbocycles. The number of pyridine rings is 2. The lowest BCUT2D eigenvalue weighted by molar-refractivity contribution is 0.627. The maximum Gasteiger partial charge on any atom is 0.123 e. The molecule has 2 heterocycles. The van der Waals surface area contributed by atoms with E-state index >= 15 is 0 Å². The summed E-state index contributed by atoms with van der Waals surface area (Å²) in [7, 11) is 0. The predicted molar refractivity (Wildman–Crippen MR) is 85.2 cm³/mol. The Bertz CT molecular complexity index is 1070. The number of halogens is 1. The van der Waals surface area contributed by atoms with Gasteiger partial charge in [0.1, 0.15) is 5.82 Å². The number of benzene rings is 2. The Morgan fingerprint density at radius 2 is 1.86 bits per heavy atom. The van der Waals surface area contributed by atoms with Crippen LogP contribution in [0.3, 0.4) is 0 Å². The van der Waals surface area contributed by atoms with E-state index in [1.807, 2.05) is 36.4 Å². The van der Waals surface area contributed by atoms with Crippen molar-refractivity contribution in [1.29, 1.82) is 0 Å². The van der Waals surface area contributed by atoms with E-state index in [2.05, 4.69) is 4.98 Å². The van der Waals surface area contributed by atoms with E-state index in [1.54, 1.807) is 12.3 Å². The lowest BCUT2D eigenvalue weighted by atomic mass is 9.87. The first-order chi connectivity index (χ1) is 10.8.